The zero-order chi connectivity index (χ0) is 13.2. The molecular formula is C13H19N5O. The molecule has 0 bridgehead atoms. The number of hydrogen-bond donors (Lipinski definition) is 2. The first-order valence-corrected chi connectivity index (χ1v) is 6.97. The van der Waals surface area contributed by atoms with Crippen LogP contribution in [0.3, 0.4) is 0 Å². The first-order valence-electron chi connectivity index (χ1n) is 6.97. The van der Waals surface area contributed by atoms with Crippen molar-refractivity contribution in [3.63, 3.8) is 0 Å². The van der Waals surface area contributed by atoms with Gasteiger partial charge in [-0.25, -0.2) is 9.89 Å². The van der Waals surface area contributed by atoms with Gasteiger partial charge in [0.05, 0.1) is 0 Å². The van der Waals surface area contributed by atoms with Gasteiger partial charge >= 0.3 is 5.69 Å². The third kappa shape index (κ3) is 2.47. The number of anilines is 1. The van der Waals surface area contributed by atoms with E-state index in [9.17, 15) is 4.79 Å². The molecule has 3 rings (SSSR count). The molecule has 0 radical (unpaired) electrons. The molecule has 1 saturated carbocycles. The van der Waals surface area contributed by atoms with Crippen molar-refractivity contribution >= 4 is 11.5 Å². The molecule has 2 atom stereocenters. The average Bonchev–Trinajstić information content (AvgIpc) is 2.80. The van der Waals surface area contributed by atoms with E-state index in [0.717, 1.165) is 11.7 Å². The standard InChI is InChI=1S/C13H19N5O/c1-2-9-4-3-5-10(8-9)14-11-6-7-12-15-16-13(19)18(12)17-11/h6-7,9-10H,2-5,8H2,1H3,(H,14,17)(H,16,19). The number of rotatable bonds is 3. The molecule has 0 aromatic carbocycles. The second-order valence-corrected chi connectivity index (χ2v) is 5.30. The molecule has 2 heterocycles. The van der Waals surface area contributed by atoms with Gasteiger partial charge in [-0.3, -0.25) is 0 Å². The van der Waals surface area contributed by atoms with Crippen molar-refractivity contribution in [2.45, 2.75) is 45.1 Å². The molecule has 2 aromatic heterocycles. The van der Waals surface area contributed by atoms with E-state index in [-0.39, 0.29) is 5.69 Å². The predicted octanol–water partition coefficient (Wildman–Crippen LogP) is 1.80. The topological polar surface area (TPSA) is 75.1 Å². The van der Waals surface area contributed by atoms with Crippen molar-refractivity contribution in [3.05, 3.63) is 22.6 Å². The highest BCUT2D eigenvalue weighted by Gasteiger charge is 2.20. The molecule has 1 aliphatic carbocycles. The number of nitrogens with zero attached hydrogens (tertiary/aromatic N) is 3. The van der Waals surface area contributed by atoms with Crippen LogP contribution >= 0.6 is 0 Å². The highest BCUT2D eigenvalue weighted by Crippen LogP contribution is 2.28. The third-order valence-electron chi connectivity index (χ3n) is 3.99. The van der Waals surface area contributed by atoms with Crippen LogP contribution in [0.15, 0.2) is 16.9 Å². The zero-order valence-corrected chi connectivity index (χ0v) is 11.1. The Balaban J connectivity index is 1.77. The van der Waals surface area contributed by atoms with E-state index in [2.05, 4.69) is 27.5 Å². The molecule has 0 aliphatic heterocycles. The Morgan fingerprint density at radius 3 is 3.21 bits per heavy atom. The lowest BCUT2D eigenvalue weighted by Gasteiger charge is -2.29. The van der Waals surface area contributed by atoms with E-state index < -0.39 is 0 Å². The first-order chi connectivity index (χ1) is 9.26. The Morgan fingerprint density at radius 2 is 2.37 bits per heavy atom. The summed E-state index contributed by atoms with van der Waals surface area (Å²) < 4.78 is 1.29. The van der Waals surface area contributed by atoms with Crippen LogP contribution in [-0.4, -0.2) is 25.9 Å². The number of hydrogen-bond acceptors (Lipinski definition) is 4. The summed E-state index contributed by atoms with van der Waals surface area (Å²) in [5.74, 6) is 1.56. The number of aromatic nitrogens is 4. The first kappa shape index (κ1) is 12.2. The molecule has 2 unspecified atom stereocenters. The van der Waals surface area contributed by atoms with Gasteiger partial charge in [-0.2, -0.15) is 9.61 Å². The Kier molecular flexibility index (Phi) is 3.23. The van der Waals surface area contributed by atoms with Gasteiger partial charge in [0.2, 0.25) is 0 Å². The molecule has 2 aromatic rings. The van der Waals surface area contributed by atoms with Crippen LogP contribution in [0.4, 0.5) is 5.82 Å². The quantitative estimate of drug-likeness (QED) is 0.883. The fourth-order valence-electron chi connectivity index (χ4n) is 2.88. The van der Waals surface area contributed by atoms with Crippen LogP contribution in [0.5, 0.6) is 0 Å². The van der Waals surface area contributed by atoms with Crippen LogP contribution in [0.2, 0.25) is 0 Å². The molecule has 0 spiro atoms. The summed E-state index contributed by atoms with van der Waals surface area (Å²) >= 11 is 0. The van der Waals surface area contributed by atoms with Crippen LogP contribution in [-0.2, 0) is 0 Å². The number of H-pyrrole nitrogens is 1. The summed E-state index contributed by atoms with van der Waals surface area (Å²) in [6, 6.07) is 4.14. The largest absolute Gasteiger partial charge is 0.366 e. The smallest absolute Gasteiger partial charge is 0.364 e. The molecule has 0 amide bonds. The fraction of sp³-hybridized carbons (Fsp3) is 0.615. The molecule has 1 aliphatic rings. The molecule has 6 heteroatoms. The van der Waals surface area contributed by atoms with Gasteiger partial charge in [0, 0.05) is 6.04 Å². The van der Waals surface area contributed by atoms with Crippen LogP contribution in [0.1, 0.15) is 39.0 Å². The monoisotopic (exact) mass is 261 g/mol. The van der Waals surface area contributed by atoms with Gasteiger partial charge < -0.3 is 5.32 Å². The SMILES string of the molecule is CCC1CCCC(Nc2ccc3n[nH]c(=O)n3n2)C1. The minimum absolute atomic E-state index is 0.297. The minimum atomic E-state index is -0.297. The molecular weight excluding hydrogens is 242 g/mol. The number of aromatic amines is 1. The third-order valence-corrected chi connectivity index (χ3v) is 3.99. The van der Waals surface area contributed by atoms with Gasteiger partial charge in [-0.1, -0.05) is 26.2 Å². The average molecular weight is 261 g/mol. The summed E-state index contributed by atoms with van der Waals surface area (Å²) in [7, 11) is 0. The molecule has 2 N–H and O–H groups in total. The van der Waals surface area contributed by atoms with E-state index in [1.807, 2.05) is 6.07 Å². The lowest BCUT2D eigenvalue weighted by Crippen LogP contribution is -2.28. The number of fused-ring (bicyclic) bond motifs is 1. The van der Waals surface area contributed by atoms with Gasteiger partial charge in [-0.05, 0) is 30.9 Å². The van der Waals surface area contributed by atoms with Crippen molar-refractivity contribution in [3.8, 4) is 0 Å². The molecule has 102 valence electrons. The Morgan fingerprint density at radius 1 is 1.47 bits per heavy atom. The van der Waals surface area contributed by atoms with Crippen LogP contribution in [0, 0.1) is 5.92 Å². The van der Waals surface area contributed by atoms with Crippen LogP contribution < -0.4 is 11.0 Å². The lowest BCUT2D eigenvalue weighted by atomic mass is 9.84. The van der Waals surface area contributed by atoms with Crippen molar-refractivity contribution < 1.29 is 0 Å². The highest BCUT2D eigenvalue weighted by molar-refractivity contribution is 5.43. The zero-order valence-electron chi connectivity index (χ0n) is 11.1. The van der Waals surface area contributed by atoms with Gasteiger partial charge in [-0.15, -0.1) is 5.10 Å². The maximum atomic E-state index is 11.5. The van der Waals surface area contributed by atoms with Gasteiger partial charge in [0.15, 0.2) is 5.65 Å². The van der Waals surface area contributed by atoms with Crippen LogP contribution in [0.25, 0.3) is 5.65 Å². The van der Waals surface area contributed by atoms with Crippen molar-refractivity contribution in [2.24, 2.45) is 5.92 Å². The molecule has 1 fully saturated rings. The summed E-state index contributed by atoms with van der Waals surface area (Å²) in [4.78, 5) is 11.5. The summed E-state index contributed by atoms with van der Waals surface area (Å²) in [6.45, 7) is 2.25. The van der Waals surface area contributed by atoms with E-state index in [4.69, 9.17) is 0 Å². The maximum absolute atomic E-state index is 11.5. The van der Waals surface area contributed by atoms with Crippen molar-refractivity contribution in [1.82, 2.24) is 19.8 Å². The second-order valence-electron chi connectivity index (χ2n) is 5.30. The minimum Gasteiger partial charge on any atom is -0.366 e. The Labute approximate surface area is 111 Å². The summed E-state index contributed by atoms with van der Waals surface area (Å²) in [5, 5.41) is 14.0. The fourth-order valence-corrected chi connectivity index (χ4v) is 2.88. The normalized spacial score (nSPS) is 23.6. The van der Waals surface area contributed by atoms with Crippen molar-refractivity contribution in [2.75, 3.05) is 5.32 Å². The molecule has 6 nitrogen and oxygen atoms in total. The molecule has 0 saturated heterocycles. The summed E-state index contributed by atoms with van der Waals surface area (Å²) in [5.41, 5.74) is 0.249. The number of nitrogens with one attached hydrogen (secondary N) is 2. The predicted molar refractivity (Wildman–Crippen MR) is 73.3 cm³/mol. The van der Waals surface area contributed by atoms with Crippen molar-refractivity contribution in [1.29, 1.82) is 0 Å². The maximum Gasteiger partial charge on any atom is 0.364 e. The van der Waals surface area contributed by atoms with Gasteiger partial charge in [0.25, 0.3) is 0 Å². The Hall–Kier alpha value is -1.85. The Bertz CT molecular complexity index is 617. The highest BCUT2D eigenvalue weighted by atomic mass is 16.2. The van der Waals surface area contributed by atoms with E-state index in [0.29, 0.717) is 11.7 Å². The summed E-state index contributed by atoms with van der Waals surface area (Å²) in [6.07, 6.45) is 6.21. The molecule has 19 heavy (non-hydrogen) atoms. The van der Waals surface area contributed by atoms with E-state index in [1.54, 1.807) is 6.07 Å². The van der Waals surface area contributed by atoms with E-state index >= 15 is 0 Å². The second kappa shape index (κ2) is 5.03. The van der Waals surface area contributed by atoms with E-state index in [1.165, 1.54) is 36.6 Å². The lowest BCUT2D eigenvalue weighted by molar-refractivity contribution is 0.327. The van der Waals surface area contributed by atoms with Gasteiger partial charge in [0.1, 0.15) is 5.82 Å².